The van der Waals surface area contributed by atoms with Crippen molar-refractivity contribution in [3.05, 3.63) is 65.5 Å². The third kappa shape index (κ3) is 3.90. The number of benzene rings is 2. The summed E-state index contributed by atoms with van der Waals surface area (Å²) in [7, 11) is 1.57. The number of ether oxygens (including phenoxy) is 1. The van der Waals surface area contributed by atoms with Gasteiger partial charge in [0.1, 0.15) is 0 Å². The van der Waals surface area contributed by atoms with Gasteiger partial charge in [0.15, 0.2) is 11.5 Å². The maximum Gasteiger partial charge on any atom is 0.160 e. The normalized spacial score (nSPS) is 17.6. The van der Waals surface area contributed by atoms with Crippen LogP contribution in [0.25, 0.3) is 11.1 Å². The van der Waals surface area contributed by atoms with Gasteiger partial charge in [-0.2, -0.15) is 5.10 Å². The van der Waals surface area contributed by atoms with Crippen molar-refractivity contribution in [3.8, 4) is 22.6 Å². The molecular formula is C23H27N3O2. The lowest BCUT2D eigenvalue weighted by Gasteiger charge is -2.32. The number of likely N-dealkylation sites (tertiary alicyclic amines) is 1. The van der Waals surface area contributed by atoms with Gasteiger partial charge in [-0.05, 0) is 49.6 Å². The lowest BCUT2D eigenvalue weighted by Crippen LogP contribution is -2.34. The quantitative estimate of drug-likeness (QED) is 0.688. The van der Waals surface area contributed by atoms with Gasteiger partial charge in [0.05, 0.1) is 13.3 Å². The zero-order valence-electron chi connectivity index (χ0n) is 16.5. The second kappa shape index (κ2) is 8.07. The van der Waals surface area contributed by atoms with Crippen molar-refractivity contribution in [1.82, 2.24) is 15.1 Å². The Labute approximate surface area is 166 Å². The molecule has 0 saturated carbocycles. The highest BCUT2D eigenvalue weighted by Gasteiger charge is 2.25. The third-order valence-electron chi connectivity index (χ3n) is 5.56. The number of nitrogens with zero attached hydrogens (tertiary/aromatic N) is 2. The van der Waals surface area contributed by atoms with Crippen LogP contribution < -0.4 is 4.74 Å². The number of hydrogen-bond donors (Lipinski definition) is 2. The lowest BCUT2D eigenvalue weighted by molar-refractivity contribution is 0.198. The van der Waals surface area contributed by atoms with Crippen LogP contribution in [0.15, 0.2) is 48.7 Å². The SMILES string of the molecule is COc1ccc(CN2CCC[C@@H](c3[nH]ncc3-c3cccc(C)c3)C2)cc1O. The van der Waals surface area contributed by atoms with Crippen LogP contribution >= 0.6 is 0 Å². The monoisotopic (exact) mass is 377 g/mol. The van der Waals surface area contributed by atoms with E-state index in [2.05, 4.69) is 46.3 Å². The first kappa shape index (κ1) is 18.6. The van der Waals surface area contributed by atoms with Gasteiger partial charge >= 0.3 is 0 Å². The number of methoxy groups -OCH3 is 1. The number of aromatic amines is 1. The lowest BCUT2D eigenvalue weighted by atomic mass is 9.90. The second-order valence-electron chi connectivity index (χ2n) is 7.65. The van der Waals surface area contributed by atoms with Crippen molar-refractivity contribution in [1.29, 1.82) is 0 Å². The molecule has 0 amide bonds. The summed E-state index contributed by atoms with van der Waals surface area (Å²) in [5.41, 5.74) is 6.02. The van der Waals surface area contributed by atoms with E-state index in [0.29, 0.717) is 11.7 Å². The van der Waals surface area contributed by atoms with Crippen LogP contribution in [0.1, 0.15) is 35.6 Å². The summed E-state index contributed by atoms with van der Waals surface area (Å²) in [6, 6.07) is 14.3. The van der Waals surface area contributed by atoms with Crippen LogP contribution in [-0.4, -0.2) is 40.4 Å². The van der Waals surface area contributed by atoms with Gasteiger partial charge in [-0.15, -0.1) is 0 Å². The van der Waals surface area contributed by atoms with Crippen molar-refractivity contribution in [2.45, 2.75) is 32.2 Å². The highest BCUT2D eigenvalue weighted by atomic mass is 16.5. The molecular weight excluding hydrogens is 350 g/mol. The predicted octanol–water partition coefficient (Wildman–Crippen LogP) is 4.48. The van der Waals surface area contributed by atoms with Crippen molar-refractivity contribution in [3.63, 3.8) is 0 Å². The van der Waals surface area contributed by atoms with Crippen LogP contribution in [0.2, 0.25) is 0 Å². The average molecular weight is 377 g/mol. The van der Waals surface area contributed by atoms with Crippen molar-refractivity contribution < 1.29 is 9.84 Å². The molecule has 5 heteroatoms. The van der Waals surface area contributed by atoms with E-state index < -0.39 is 0 Å². The Morgan fingerprint density at radius 3 is 2.93 bits per heavy atom. The van der Waals surface area contributed by atoms with E-state index >= 15 is 0 Å². The molecule has 2 heterocycles. The Bertz CT molecular complexity index is 951. The Hall–Kier alpha value is -2.79. The van der Waals surface area contributed by atoms with Crippen LogP contribution in [0.3, 0.4) is 0 Å². The van der Waals surface area contributed by atoms with Crippen molar-refractivity contribution in [2.24, 2.45) is 0 Å². The zero-order chi connectivity index (χ0) is 19.5. The number of rotatable bonds is 5. The van der Waals surface area contributed by atoms with Gasteiger partial charge in [0, 0.05) is 30.3 Å². The molecule has 2 N–H and O–H groups in total. The first-order chi connectivity index (χ1) is 13.6. The fraction of sp³-hybridized carbons (Fsp3) is 0.348. The average Bonchev–Trinajstić information content (AvgIpc) is 3.18. The molecule has 0 aliphatic carbocycles. The molecule has 0 bridgehead atoms. The maximum absolute atomic E-state index is 10.1. The van der Waals surface area contributed by atoms with Crippen LogP contribution in [-0.2, 0) is 6.54 Å². The number of aromatic hydroxyl groups is 1. The van der Waals surface area contributed by atoms with Crippen LogP contribution in [0.5, 0.6) is 11.5 Å². The molecule has 5 nitrogen and oxygen atoms in total. The number of H-pyrrole nitrogens is 1. The molecule has 1 fully saturated rings. The Morgan fingerprint density at radius 1 is 1.25 bits per heavy atom. The molecule has 146 valence electrons. The number of aryl methyl sites for hydroxylation is 1. The maximum atomic E-state index is 10.1. The largest absolute Gasteiger partial charge is 0.504 e. The number of nitrogens with one attached hydrogen (secondary N) is 1. The minimum Gasteiger partial charge on any atom is -0.504 e. The van der Waals surface area contributed by atoms with Crippen LogP contribution in [0, 0.1) is 6.92 Å². The molecule has 2 aromatic carbocycles. The molecule has 1 aromatic heterocycles. The van der Waals surface area contributed by atoms with Crippen LogP contribution in [0.4, 0.5) is 0 Å². The van der Waals surface area contributed by atoms with Gasteiger partial charge in [-0.3, -0.25) is 10.00 Å². The summed E-state index contributed by atoms with van der Waals surface area (Å²) < 4.78 is 5.14. The Balaban J connectivity index is 1.50. The van der Waals surface area contributed by atoms with Gasteiger partial charge < -0.3 is 9.84 Å². The first-order valence-corrected chi connectivity index (χ1v) is 9.82. The number of hydrogen-bond acceptors (Lipinski definition) is 4. The summed E-state index contributed by atoms with van der Waals surface area (Å²) in [6.45, 7) is 4.99. The van der Waals surface area contributed by atoms with Gasteiger partial charge in [0.25, 0.3) is 0 Å². The molecule has 1 atom stereocenters. The molecule has 1 aliphatic heterocycles. The summed E-state index contributed by atoms with van der Waals surface area (Å²) in [5.74, 6) is 1.14. The van der Waals surface area contributed by atoms with Gasteiger partial charge in [-0.1, -0.05) is 35.9 Å². The summed E-state index contributed by atoms with van der Waals surface area (Å²) in [5, 5.41) is 17.7. The molecule has 0 unspecified atom stereocenters. The smallest absolute Gasteiger partial charge is 0.160 e. The van der Waals surface area contributed by atoms with E-state index in [1.807, 2.05) is 18.3 Å². The number of phenolic OH excluding ortho intramolecular Hbond substituents is 1. The number of aromatic nitrogens is 2. The topological polar surface area (TPSA) is 61.4 Å². The minimum absolute atomic E-state index is 0.198. The predicted molar refractivity (Wildman–Crippen MR) is 111 cm³/mol. The van der Waals surface area contributed by atoms with E-state index in [-0.39, 0.29) is 5.75 Å². The van der Waals surface area contributed by atoms with E-state index in [1.165, 1.54) is 22.4 Å². The fourth-order valence-corrected chi connectivity index (χ4v) is 4.18. The van der Waals surface area contributed by atoms with Crippen molar-refractivity contribution in [2.75, 3.05) is 20.2 Å². The highest BCUT2D eigenvalue weighted by molar-refractivity contribution is 5.66. The molecule has 1 saturated heterocycles. The Morgan fingerprint density at radius 2 is 2.14 bits per heavy atom. The highest BCUT2D eigenvalue weighted by Crippen LogP contribution is 2.34. The van der Waals surface area contributed by atoms with E-state index in [9.17, 15) is 5.11 Å². The van der Waals surface area contributed by atoms with Gasteiger partial charge in [-0.25, -0.2) is 0 Å². The van der Waals surface area contributed by atoms with E-state index in [0.717, 1.165) is 38.0 Å². The summed E-state index contributed by atoms with van der Waals surface area (Å²) >= 11 is 0. The molecule has 0 radical (unpaired) electrons. The third-order valence-corrected chi connectivity index (χ3v) is 5.56. The standard InChI is InChI=1S/C23H27N3O2/c1-16-5-3-6-18(11-16)20-13-24-25-23(20)19-7-4-10-26(15-19)14-17-8-9-22(28-2)21(27)12-17/h3,5-6,8-9,11-13,19,27H,4,7,10,14-15H2,1-2H3,(H,24,25)/t19-/m1/s1. The molecule has 4 rings (SSSR count). The summed E-state index contributed by atoms with van der Waals surface area (Å²) in [4.78, 5) is 2.45. The molecule has 1 aliphatic rings. The van der Waals surface area contributed by atoms with E-state index in [4.69, 9.17) is 4.74 Å². The number of piperidine rings is 1. The first-order valence-electron chi connectivity index (χ1n) is 9.82. The Kier molecular flexibility index (Phi) is 5.35. The molecule has 0 spiro atoms. The fourth-order valence-electron chi connectivity index (χ4n) is 4.18. The zero-order valence-corrected chi connectivity index (χ0v) is 16.5. The molecule has 3 aromatic rings. The van der Waals surface area contributed by atoms with Gasteiger partial charge in [0.2, 0.25) is 0 Å². The summed E-state index contributed by atoms with van der Waals surface area (Å²) in [6.07, 6.45) is 4.26. The minimum atomic E-state index is 0.198. The number of phenols is 1. The molecule has 28 heavy (non-hydrogen) atoms. The van der Waals surface area contributed by atoms with Crippen molar-refractivity contribution >= 4 is 0 Å². The second-order valence-corrected chi connectivity index (χ2v) is 7.65. The van der Waals surface area contributed by atoms with E-state index in [1.54, 1.807) is 13.2 Å².